The number of nitrogens with two attached hydrogens (primary N) is 1. The number of carbonyl (C=O) groups excluding carboxylic acids is 1. The van der Waals surface area contributed by atoms with E-state index in [4.69, 9.17) is 17.4 Å². The third-order valence-electron chi connectivity index (χ3n) is 3.59. The lowest BCUT2D eigenvalue weighted by Gasteiger charge is -2.32. The summed E-state index contributed by atoms with van der Waals surface area (Å²) in [5.41, 5.74) is 0.711. The summed E-state index contributed by atoms with van der Waals surface area (Å²) in [5, 5.41) is 2.24. The molecule has 0 saturated carbocycles. The van der Waals surface area contributed by atoms with Gasteiger partial charge in [-0.3, -0.25) is 20.0 Å². The van der Waals surface area contributed by atoms with E-state index in [0.29, 0.717) is 36.7 Å². The van der Waals surface area contributed by atoms with Gasteiger partial charge in [-0.2, -0.15) is 0 Å². The molecule has 0 radical (unpaired) electrons. The number of hydrazine groups is 1. The van der Waals surface area contributed by atoms with Crippen LogP contribution in [0.15, 0.2) is 23.0 Å². The van der Waals surface area contributed by atoms with E-state index in [0.717, 1.165) is 16.0 Å². The molecule has 6 nitrogen and oxygen atoms in total. The van der Waals surface area contributed by atoms with Crippen molar-refractivity contribution in [2.75, 3.05) is 26.2 Å². The third kappa shape index (κ3) is 3.44. The predicted octanol–water partition coefficient (Wildman–Crippen LogP) is 1.16. The third-order valence-corrected chi connectivity index (χ3v) is 4.79. The number of rotatable bonds is 2. The molecule has 120 valence electrons. The number of piperazine rings is 1. The van der Waals surface area contributed by atoms with Gasteiger partial charge in [0.1, 0.15) is 6.54 Å². The summed E-state index contributed by atoms with van der Waals surface area (Å²) in [6, 6.07) is 5.27. The number of benzene rings is 1. The number of thiazole rings is 1. The number of halogens is 2. The Morgan fingerprint density at radius 3 is 2.64 bits per heavy atom. The minimum Gasteiger partial charge on any atom is -0.338 e. The second-order valence-electron chi connectivity index (χ2n) is 4.98. The zero-order valence-electron chi connectivity index (χ0n) is 11.7. The summed E-state index contributed by atoms with van der Waals surface area (Å²) in [6.07, 6.45) is 0. The largest absolute Gasteiger partial charge is 0.338 e. The van der Waals surface area contributed by atoms with Crippen LogP contribution in [0.1, 0.15) is 0 Å². The number of nitrogens with zero attached hydrogens (tertiary/aromatic N) is 3. The molecule has 9 heteroatoms. The molecule has 1 aromatic heterocycles. The Morgan fingerprint density at radius 2 is 1.95 bits per heavy atom. The SMILES string of the molecule is Cl.NN1CCN(C(=O)Cn2c(=O)sc3ccc(Cl)cc32)CC1. The fraction of sp³-hybridized carbons (Fsp3) is 0.385. The molecule has 0 unspecified atom stereocenters. The Labute approximate surface area is 142 Å². The van der Waals surface area contributed by atoms with Crippen LogP contribution in [0.25, 0.3) is 10.2 Å². The van der Waals surface area contributed by atoms with Crippen molar-refractivity contribution in [2.24, 2.45) is 5.84 Å². The smallest absolute Gasteiger partial charge is 0.308 e. The van der Waals surface area contributed by atoms with Crippen molar-refractivity contribution in [2.45, 2.75) is 6.54 Å². The van der Waals surface area contributed by atoms with E-state index < -0.39 is 0 Å². The standard InChI is InChI=1S/C13H15ClN4O2S.ClH/c14-9-1-2-11-10(7-9)18(13(20)21-11)8-12(19)16-3-5-17(15)6-4-16;/h1-2,7H,3-6,8,15H2;1H. The van der Waals surface area contributed by atoms with Crippen LogP contribution < -0.4 is 10.7 Å². The van der Waals surface area contributed by atoms with Gasteiger partial charge in [-0.15, -0.1) is 12.4 Å². The first kappa shape index (κ1) is 17.2. The van der Waals surface area contributed by atoms with Gasteiger partial charge in [0, 0.05) is 31.2 Å². The maximum Gasteiger partial charge on any atom is 0.308 e. The first-order valence-electron chi connectivity index (χ1n) is 6.61. The molecular weight excluding hydrogens is 347 g/mol. The molecule has 0 aliphatic carbocycles. The van der Waals surface area contributed by atoms with Crippen LogP contribution in [0, 0.1) is 0 Å². The number of hydrogen-bond acceptors (Lipinski definition) is 5. The number of amides is 1. The van der Waals surface area contributed by atoms with Crippen molar-refractivity contribution in [3.8, 4) is 0 Å². The Bertz CT molecular complexity index is 737. The van der Waals surface area contributed by atoms with Gasteiger partial charge in [-0.05, 0) is 18.2 Å². The Hall–Kier alpha value is -1.12. The van der Waals surface area contributed by atoms with Crippen molar-refractivity contribution in [3.05, 3.63) is 32.9 Å². The zero-order valence-corrected chi connectivity index (χ0v) is 14.1. The summed E-state index contributed by atoms with van der Waals surface area (Å²) in [5.74, 6) is 5.61. The molecule has 1 aliphatic heterocycles. The summed E-state index contributed by atoms with van der Waals surface area (Å²) >= 11 is 7.10. The molecule has 0 bridgehead atoms. The molecule has 3 rings (SSSR count). The van der Waals surface area contributed by atoms with Crippen molar-refractivity contribution in [1.82, 2.24) is 14.5 Å². The molecule has 1 fully saturated rings. The Morgan fingerprint density at radius 1 is 1.27 bits per heavy atom. The topological polar surface area (TPSA) is 71.6 Å². The van der Waals surface area contributed by atoms with Gasteiger partial charge in [0.25, 0.3) is 0 Å². The number of carbonyl (C=O) groups is 1. The normalized spacial score (nSPS) is 15.8. The van der Waals surface area contributed by atoms with Crippen LogP contribution in [0.3, 0.4) is 0 Å². The van der Waals surface area contributed by atoms with Crippen LogP contribution in [0.5, 0.6) is 0 Å². The second-order valence-corrected chi connectivity index (χ2v) is 6.41. The van der Waals surface area contributed by atoms with Crippen molar-refractivity contribution in [3.63, 3.8) is 0 Å². The van der Waals surface area contributed by atoms with E-state index in [1.807, 2.05) is 0 Å². The zero-order chi connectivity index (χ0) is 15.0. The molecule has 1 saturated heterocycles. The van der Waals surface area contributed by atoms with Gasteiger partial charge in [-0.25, -0.2) is 5.01 Å². The van der Waals surface area contributed by atoms with Gasteiger partial charge in [0.15, 0.2) is 0 Å². The van der Waals surface area contributed by atoms with Crippen molar-refractivity contribution < 1.29 is 4.79 Å². The van der Waals surface area contributed by atoms with E-state index in [2.05, 4.69) is 0 Å². The lowest BCUT2D eigenvalue weighted by atomic mass is 10.3. The molecule has 0 atom stereocenters. The quantitative estimate of drug-likeness (QED) is 0.813. The van der Waals surface area contributed by atoms with Gasteiger partial charge >= 0.3 is 4.87 Å². The maximum atomic E-state index is 12.3. The van der Waals surface area contributed by atoms with E-state index in [9.17, 15) is 9.59 Å². The fourth-order valence-corrected chi connectivity index (χ4v) is 3.43. The van der Waals surface area contributed by atoms with Crippen molar-refractivity contribution >= 4 is 51.5 Å². The van der Waals surface area contributed by atoms with Crippen molar-refractivity contribution in [1.29, 1.82) is 0 Å². The minimum absolute atomic E-state index is 0. The number of fused-ring (bicyclic) bond motifs is 1. The molecule has 0 spiro atoms. The highest BCUT2D eigenvalue weighted by molar-refractivity contribution is 7.16. The molecule has 22 heavy (non-hydrogen) atoms. The van der Waals surface area contributed by atoms with Crippen LogP contribution >= 0.6 is 35.3 Å². The molecule has 1 aromatic carbocycles. The fourth-order valence-electron chi connectivity index (χ4n) is 2.39. The highest BCUT2D eigenvalue weighted by atomic mass is 35.5. The first-order valence-corrected chi connectivity index (χ1v) is 7.80. The van der Waals surface area contributed by atoms with Gasteiger partial charge in [0.05, 0.1) is 10.2 Å². The predicted molar refractivity (Wildman–Crippen MR) is 90.7 cm³/mol. The molecular formula is C13H16Cl2N4O2S. The summed E-state index contributed by atoms with van der Waals surface area (Å²) in [4.78, 5) is 26.0. The van der Waals surface area contributed by atoms with Gasteiger partial charge in [-0.1, -0.05) is 22.9 Å². The molecule has 2 heterocycles. The molecule has 2 N–H and O–H groups in total. The molecule has 1 aliphatic rings. The second kappa shape index (κ2) is 6.97. The Kier molecular flexibility index (Phi) is 5.46. The van der Waals surface area contributed by atoms with Gasteiger partial charge < -0.3 is 4.90 Å². The van der Waals surface area contributed by atoms with Crippen LogP contribution in [-0.2, 0) is 11.3 Å². The highest BCUT2D eigenvalue weighted by Gasteiger charge is 2.21. The first-order chi connectivity index (χ1) is 10.0. The van der Waals surface area contributed by atoms with E-state index in [-0.39, 0.29) is 29.7 Å². The van der Waals surface area contributed by atoms with E-state index >= 15 is 0 Å². The summed E-state index contributed by atoms with van der Waals surface area (Å²) in [6.45, 7) is 2.53. The average Bonchev–Trinajstić information content (AvgIpc) is 2.76. The van der Waals surface area contributed by atoms with Crippen LogP contribution in [-0.4, -0.2) is 46.6 Å². The molecule has 1 amide bonds. The lowest BCUT2D eigenvalue weighted by molar-refractivity contribution is -0.133. The number of hydrogen-bond donors (Lipinski definition) is 1. The lowest BCUT2D eigenvalue weighted by Crippen LogP contribution is -2.52. The van der Waals surface area contributed by atoms with Crippen LogP contribution in [0.4, 0.5) is 0 Å². The maximum absolute atomic E-state index is 12.3. The molecule has 2 aromatic rings. The average molecular weight is 363 g/mol. The minimum atomic E-state index is -0.141. The van der Waals surface area contributed by atoms with Gasteiger partial charge in [0.2, 0.25) is 5.91 Å². The summed E-state index contributed by atoms with van der Waals surface area (Å²) < 4.78 is 2.33. The monoisotopic (exact) mass is 362 g/mol. The number of aromatic nitrogens is 1. The van der Waals surface area contributed by atoms with E-state index in [1.165, 1.54) is 4.57 Å². The highest BCUT2D eigenvalue weighted by Crippen LogP contribution is 2.21. The Balaban J connectivity index is 0.00000176. The van der Waals surface area contributed by atoms with Crippen LogP contribution in [0.2, 0.25) is 5.02 Å². The van der Waals surface area contributed by atoms with E-state index in [1.54, 1.807) is 28.1 Å². The summed E-state index contributed by atoms with van der Waals surface area (Å²) in [7, 11) is 0.